The zero-order valence-corrected chi connectivity index (χ0v) is 18.3. The minimum Gasteiger partial charge on any atom is -0.0649 e. The molecule has 0 heterocycles. The summed E-state index contributed by atoms with van der Waals surface area (Å²) < 4.78 is 0. The van der Waals surface area contributed by atoms with Crippen molar-refractivity contribution in [3.05, 3.63) is 0 Å². The van der Waals surface area contributed by atoms with E-state index in [9.17, 15) is 0 Å². The normalized spacial score (nSPS) is 37.6. The first-order valence-electron chi connectivity index (χ1n) is 11.0. The molecular formula is C24H46. The molecule has 2 rings (SSSR count). The van der Waals surface area contributed by atoms with E-state index in [0.717, 1.165) is 29.6 Å². The molecule has 2 saturated carbocycles. The zero-order valence-electron chi connectivity index (χ0n) is 18.3. The van der Waals surface area contributed by atoms with E-state index in [1.165, 1.54) is 44.9 Å². The average Bonchev–Trinajstić information content (AvgIpc) is 2.94. The maximum Gasteiger partial charge on any atom is -0.0215 e. The monoisotopic (exact) mass is 334 g/mol. The van der Waals surface area contributed by atoms with Gasteiger partial charge in [0, 0.05) is 0 Å². The van der Waals surface area contributed by atoms with Crippen LogP contribution in [-0.2, 0) is 0 Å². The highest BCUT2D eigenvalue weighted by atomic mass is 14.7. The largest absolute Gasteiger partial charge is 0.0649 e. The minimum atomic E-state index is 0.499. The second-order valence-electron chi connectivity index (χ2n) is 10.8. The number of hydrogen-bond donors (Lipinski definition) is 0. The summed E-state index contributed by atoms with van der Waals surface area (Å²) in [7, 11) is 0. The first kappa shape index (κ1) is 20.3. The summed E-state index contributed by atoms with van der Waals surface area (Å²) in [6, 6.07) is 0. The van der Waals surface area contributed by atoms with Crippen LogP contribution in [0.5, 0.6) is 0 Å². The molecule has 0 amide bonds. The molecule has 0 aliphatic heterocycles. The van der Waals surface area contributed by atoms with Crippen molar-refractivity contribution in [1.29, 1.82) is 0 Å². The van der Waals surface area contributed by atoms with Crippen LogP contribution in [0.2, 0.25) is 0 Å². The molecule has 0 saturated heterocycles. The van der Waals surface area contributed by atoms with Gasteiger partial charge in [0.25, 0.3) is 0 Å². The Morgan fingerprint density at radius 2 is 1.67 bits per heavy atom. The van der Waals surface area contributed by atoms with Crippen LogP contribution >= 0.6 is 0 Å². The molecule has 0 heteroatoms. The van der Waals surface area contributed by atoms with Crippen LogP contribution in [0.25, 0.3) is 0 Å². The number of hydrogen-bond acceptors (Lipinski definition) is 0. The summed E-state index contributed by atoms with van der Waals surface area (Å²) in [5, 5.41) is 0. The molecule has 2 fully saturated rings. The third kappa shape index (κ3) is 3.21. The average molecular weight is 335 g/mol. The van der Waals surface area contributed by atoms with E-state index in [1.807, 2.05) is 0 Å². The third-order valence-electron chi connectivity index (χ3n) is 10.0. The lowest BCUT2D eigenvalue weighted by molar-refractivity contribution is 0.0282. The number of rotatable bonds is 9. The second kappa shape index (κ2) is 6.96. The quantitative estimate of drug-likeness (QED) is 0.401. The van der Waals surface area contributed by atoms with Crippen LogP contribution in [0.4, 0.5) is 0 Å². The molecule has 2 aliphatic rings. The van der Waals surface area contributed by atoms with Crippen molar-refractivity contribution in [3.63, 3.8) is 0 Å². The third-order valence-corrected chi connectivity index (χ3v) is 10.0. The van der Waals surface area contributed by atoms with Gasteiger partial charge in [0.1, 0.15) is 0 Å². The van der Waals surface area contributed by atoms with Crippen molar-refractivity contribution >= 4 is 0 Å². The van der Waals surface area contributed by atoms with Crippen molar-refractivity contribution in [2.24, 2.45) is 45.8 Å². The maximum absolute atomic E-state index is 2.55. The van der Waals surface area contributed by atoms with E-state index in [4.69, 9.17) is 0 Å². The summed E-state index contributed by atoms with van der Waals surface area (Å²) >= 11 is 0. The molecule has 0 spiro atoms. The standard InChI is InChI=1S/C24H46/c1-10-22(6,7)18(4)17(3)21-15-14-20(21)13-12-16-24(11-2)19(5)23(24,8)9/h17-21H,10-16H2,1-9H3. The van der Waals surface area contributed by atoms with Gasteiger partial charge in [0.2, 0.25) is 0 Å². The maximum atomic E-state index is 2.55. The summed E-state index contributed by atoms with van der Waals surface area (Å²) in [6.45, 7) is 22.3. The fourth-order valence-electron chi connectivity index (χ4n) is 6.44. The molecule has 0 N–H and O–H groups in total. The Morgan fingerprint density at radius 3 is 2.04 bits per heavy atom. The highest BCUT2D eigenvalue weighted by Crippen LogP contribution is 2.72. The molecule has 0 aromatic rings. The molecule has 0 radical (unpaired) electrons. The SMILES string of the molecule is CCC(C)(C)C(C)C(C)C1CCC1CCCC1(CC)C(C)C1(C)C. The molecule has 6 unspecified atom stereocenters. The van der Waals surface area contributed by atoms with Crippen LogP contribution in [-0.4, -0.2) is 0 Å². The highest BCUT2D eigenvalue weighted by Gasteiger charge is 2.65. The Balaban J connectivity index is 1.83. The Kier molecular flexibility index (Phi) is 5.89. The predicted molar refractivity (Wildman–Crippen MR) is 108 cm³/mol. The highest BCUT2D eigenvalue weighted by molar-refractivity contribution is 5.14. The van der Waals surface area contributed by atoms with Gasteiger partial charge < -0.3 is 0 Å². The van der Waals surface area contributed by atoms with Gasteiger partial charge in [-0.05, 0) is 71.5 Å². The summed E-state index contributed by atoms with van der Waals surface area (Å²) in [5.41, 5.74) is 1.75. The van der Waals surface area contributed by atoms with Crippen molar-refractivity contribution < 1.29 is 0 Å². The van der Waals surface area contributed by atoms with Crippen molar-refractivity contribution in [1.82, 2.24) is 0 Å². The Bertz CT molecular complexity index is 418. The lowest BCUT2D eigenvalue weighted by atomic mass is 9.58. The van der Waals surface area contributed by atoms with Crippen LogP contribution in [0.3, 0.4) is 0 Å². The summed E-state index contributed by atoms with van der Waals surface area (Å²) in [5.74, 6) is 4.71. The van der Waals surface area contributed by atoms with Gasteiger partial charge in [0.05, 0.1) is 0 Å². The smallest absolute Gasteiger partial charge is 0.0215 e. The van der Waals surface area contributed by atoms with Crippen LogP contribution in [0, 0.1) is 45.8 Å². The van der Waals surface area contributed by atoms with E-state index in [2.05, 4.69) is 62.3 Å². The van der Waals surface area contributed by atoms with Crippen LogP contribution in [0.1, 0.15) is 107 Å². The van der Waals surface area contributed by atoms with Gasteiger partial charge in [-0.1, -0.05) is 81.6 Å². The van der Waals surface area contributed by atoms with Gasteiger partial charge in [-0.2, -0.15) is 0 Å². The minimum absolute atomic E-state index is 0.499. The molecule has 0 aromatic carbocycles. The van der Waals surface area contributed by atoms with Crippen LogP contribution < -0.4 is 0 Å². The lowest BCUT2D eigenvalue weighted by Crippen LogP contribution is -2.38. The molecule has 0 bridgehead atoms. The molecule has 142 valence electrons. The Hall–Kier alpha value is 0. The van der Waals surface area contributed by atoms with Gasteiger partial charge in [-0.3, -0.25) is 0 Å². The van der Waals surface area contributed by atoms with Crippen molar-refractivity contribution in [2.45, 2.75) is 107 Å². The molecule has 0 aromatic heterocycles. The van der Waals surface area contributed by atoms with Gasteiger partial charge in [-0.25, -0.2) is 0 Å². The molecule has 6 atom stereocenters. The van der Waals surface area contributed by atoms with Crippen molar-refractivity contribution in [2.75, 3.05) is 0 Å². The Labute approximate surface area is 153 Å². The van der Waals surface area contributed by atoms with Crippen LogP contribution in [0.15, 0.2) is 0 Å². The first-order valence-corrected chi connectivity index (χ1v) is 11.0. The fraction of sp³-hybridized carbons (Fsp3) is 1.00. The van der Waals surface area contributed by atoms with Gasteiger partial charge in [0.15, 0.2) is 0 Å². The Morgan fingerprint density at radius 1 is 1.08 bits per heavy atom. The molecule has 24 heavy (non-hydrogen) atoms. The summed E-state index contributed by atoms with van der Waals surface area (Å²) in [4.78, 5) is 0. The lowest BCUT2D eigenvalue weighted by Gasteiger charge is -2.47. The van der Waals surface area contributed by atoms with E-state index in [-0.39, 0.29) is 0 Å². The zero-order chi connectivity index (χ0) is 18.3. The van der Waals surface area contributed by atoms with Gasteiger partial charge >= 0.3 is 0 Å². The van der Waals surface area contributed by atoms with E-state index in [0.29, 0.717) is 16.2 Å². The molecular weight excluding hydrogens is 288 g/mol. The molecule has 2 aliphatic carbocycles. The summed E-state index contributed by atoms with van der Waals surface area (Å²) in [6.07, 6.45) is 10.1. The van der Waals surface area contributed by atoms with E-state index in [1.54, 1.807) is 0 Å². The molecule has 0 nitrogen and oxygen atoms in total. The fourth-order valence-corrected chi connectivity index (χ4v) is 6.44. The predicted octanol–water partition coefficient (Wildman–Crippen LogP) is 7.96. The van der Waals surface area contributed by atoms with E-state index < -0.39 is 0 Å². The topological polar surface area (TPSA) is 0 Å². The first-order chi connectivity index (χ1) is 11.0. The van der Waals surface area contributed by atoms with E-state index >= 15 is 0 Å². The van der Waals surface area contributed by atoms with Gasteiger partial charge in [-0.15, -0.1) is 0 Å². The second-order valence-corrected chi connectivity index (χ2v) is 10.8. The van der Waals surface area contributed by atoms with Crippen molar-refractivity contribution in [3.8, 4) is 0 Å².